The average Bonchev–Trinajstić information content (AvgIpc) is 2.27. The summed E-state index contributed by atoms with van der Waals surface area (Å²) in [5.41, 5.74) is 3.67. The van der Waals surface area contributed by atoms with Crippen molar-refractivity contribution in [1.29, 1.82) is 0 Å². The van der Waals surface area contributed by atoms with E-state index in [1.165, 1.54) is 0 Å². The molecular formula is C14H14N2O2. The molecule has 0 aliphatic carbocycles. The summed E-state index contributed by atoms with van der Waals surface area (Å²) in [6.45, 7) is 3.85. The molecule has 0 saturated carbocycles. The molecule has 0 radical (unpaired) electrons. The molecule has 4 heteroatoms. The van der Waals surface area contributed by atoms with E-state index in [0.717, 1.165) is 22.5 Å². The summed E-state index contributed by atoms with van der Waals surface area (Å²) in [5, 5.41) is 8.79. The predicted octanol–water partition coefficient (Wildman–Crippen LogP) is 2.39. The van der Waals surface area contributed by atoms with E-state index in [9.17, 15) is 4.79 Å². The second kappa shape index (κ2) is 4.96. The number of carboxylic acids is 1. The molecule has 0 atom stereocenters. The van der Waals surface area contributed by atoms with Gasteiger partial charge in [0.1, 0.15) is 12.2 Å². The molecule has 92 valence electrons. The van der Waals surface area contributed by atoms with E-state index in [4.69, 9.17) is 5.11 Å². The summed E-state index contributed by atoms with van der Waals surface area (Å²) in [5.74, 6) is -0.572. The molecule has 1 N–H and O–H groups in total. The highest BCUT2D eigenvalue weighted by molar-refractivity contribution is 5.70. The van der Waals surface area contributed by atoms with Crippen LogP contribution in [0.5, 0.6) is 0 Å². The number of aromatic nitrogens is 2. The van der Waals surface area contributed by atoms with Crippen LogP contribution in [-0.4, -0.2) is 21.0 Å². The first-order chi connectivity index (χ1) is 8.56. The highest BCUT2D eigenvalue weighted by Gasteiger charge is 2.09. The molecule has 1 heterocycles. The van der Waals surface area contributed by atoms with Gasteiger partial charge in [-0.3, -0.25) is 4.79 Å². The van der Waals surface area contributed by atoms with Crippen molar-refractivity contribution in [3.8, 4) is 11.3 Å². The van der Waals surface area contributed by atoms with Gasteiger partial charge in [-0.2, -0.15) is 0 Å². The molecule has 0 bridgehead atoms. The van der Waals surface area contributed by atoms with E-state index in [0.29, 0.717) is 5.82 Å². The second-order valence-corrected chi connectivity index (χ2v) is 4.20. The number of nitrogens with zero attached hydrogens (tertiary/aromatic N) is 2. The number of aliphatic carboxylic acids is 1. The monoisotopic (exact) mass is 242 g/mol. The van der Waals surface area contributed by atoms with Crippen LogP contribution in [0.15, 0.2) is 30.3 Å². The van der Waals surface area contributed by atoms with Crippen molar-refractivity contribution in [2.45, 2.75) is 20.3 Å². The molecule has 4 nitrogen and oxygen atoms in total. The average molecular weight is 242 g/mol. The maximum atomic E-state index is 10.7. The van der Waals surface area contributed by atoms with Gasteiger partial charge in [-0.25, -0.2) is 9.97 Å². The highest BCUT2D eigenvalue weighted by Crippen LogP contribution is 2.21. The first-order valence-electron chi connectivity index (χ1n) is 5.68. The van der Waals surface area contributed by atoms with E-state index >= 15 is 0 Å². The largest absolute Gasteiger partial charge is 0.481 e. The fraction of sp³-hybridized carbons (Fsp3) is 0.214. The molecule has 0 spiro atoms. The van der Waals surface area contributed by atoms with E-state index in [2.05, 4.69) is 9.97 Å². The minimum absolute atomic E-state index is 0.152. The van der Waals surface area contributed by atoms with Crippen molar-refractivity contribution in [2.24, 2.45) is 0 Å². The lowest BCUT2D eigenvalue weighted by molar-refractivity contribution is -0.136. The molecule has 0 fully saturated rings. The van der Waals surface area contributed by atoms with Gasteiger partial charge in [0.15, 0.2) is 0 Å². The number of hydrogen-bond donors (Lipinski definition) is 1. The Hall–Kier alpha value is -2.23. The smallest absolute Gasteiger partial charge is 0.311 e. The third-order valence-corrected chi connectivity index (χ3v) is 2.63. The Bertz CT molecular complexity index is 594. The number of benzene rings is 1. The number of aryl methyl sites for hydroxylation is 2. The zero-order chi connectivity index (χ0) is 13.1. The zero-order valence-electron chi connectivity index (χ0n) is 10.3. The number of carbonyl (C=O) groups is 1. The molecule has 0 aliphatic heterocycles. The summed E-state index contributed by atoms with van der Waals surface area (Å²) < 4.78 is 0. The van der Waals surface area contributed by atoms with Crippen LogP contribution in [0, 0.1) is 13.8 Å². The van der Waals surface area contributed by atoms with Crippen molar-refractivity contribution >= 4 is 5.97 Å². The number of rotatable bonds is 3. The lowest BCUT2D eigenvalue weighted by atomic mass is 10.1. The molecule has 0 saturated heterocycles. The van der Waals surface area contributed by atoms with Crippen LogP contribution in [0.4, 0.5) is 0 Å². The third kappa shape index (κ3) is 2.71. The molecule has 1 aromatic heterocycles. The highest BCUT2D eigenvalue weighted by atomic mass is 16.4. The van der Waals surface area contributed by atoms with Crippen molar-refractivity contribution in [3.05, 3.63) is 47.4 Å². The Labute approximate surface area is 105 Å². The van der Waals surface area contributed by atoms with Crippen LogP contribution in [-0.2, 0) is 11.2 Å². The first-order valence-corrected chi connectivity index (χ1v) is 5.68. The van der Waals surface area contributed by atoms with Crippen LogP contribution < -0.4 is 0 Å². The molecule has 1 aromatic carbocycles. The van der Waals surface area contributed by atoms with Crippen LogP contribution in [0.3, 0.4) is 0 Å². The SMILES string of the molecule is Cc1cc(-c2ccccc2C)nc(CC(=O)O)n1. The molecule has 18 heavy (non-hydrogen) atoms. The van der Waals surface area contributed by atoms with Gasteiger partial charge < -0.3 is 5.11 Å². The third-order valence-electron chi connectivity index (χ3n) is 2.63. The minimum Gasteiger partial charge on any atom is -0.481 e. The van der Waals surface area contributed by atoms with Gasteiger partial charge in [-0.15, -0.1) is 0 Å². The van der Waals surface area contributed by atoms with E-state index in [1.54, 1.807) is 0 Å². The van der Waals surface area contributed by atoms with Gasteiger partial charge in [0.2, 0.25) is 0 Å². The van der Waals surface area contributed by atoms with Crippen LogP contribution >= 0.6 is 0 Å². The van der Waals surface area contributed by atoms with E-state index < -0.39 is 5.97 Å². The fourth-order valence-corrected chi connectivity index (χ4v) is 1.84. The number of carboxylic acid groups (broad SMARTS) is 1. The maximum Gasteiger partial charge on any atom is 0.311 e. The van der Waals surface area contributed by atoms with Crippen molar-refractivity contribution < 1.29 is 9.90 Å². The Kier molecular flexibility index (Phi) is 3.37. The number of hydrogen-bond acceptors (Lipinski definition) is 3. The Morgan fingerprint density at radius 3 is 2.61 bits per heavy atom. The summed E-state index contributed by atoms with van der Waals surface area (Å²) in [4.78, 5) is 19.2. The predicted molar refractivity (Wildman–Crippen MR) is 68.3 cm³/mol. The summed E-state index contributed by atoms with van der Waals surface area (Å²) >= 11 is 0. The van der Waals surface area contributed by atoms with E-state index in [1.807, 2.05) is 44.2 Å². The first kappa shape index (κ1) is 12.2. The lowest BCUT2D eigenvalue weighted by Crippen LogP contribution is -2.06. The van der Waals surface area contributed by atoms with Crippen molar-refractivity contribution in [2.75, 3.05) is 0 Å². The lowest BCUT2D eigenvalue weighted by Gasteiger charge is -2.07. The topological polar surface area (TPSA) is 63.1 Å². The Morgan fingerprint density at radius 2 is 1.94 bits per heavy atom. The quantitative estimate of drug-likeness (QED) is 0.897. The molecule has 0 unspecified atom stereocenters. The normalized spacial score (nSPS) is 10.3. The van der Waals surface area contributed by atoms with Crippen LogP contribution in [0.2, 0.25) is 0 Å². The standard InChI is InChI=1S/C14H14N2O2/c1-9-5-3-4-6-11(9)12-7-10(2)15-13(16-12)8-14(17)18/h3-7H,8H2,1-2H3,(H,17,18). The molecule has 2 rings (SSSR count). The summed E-state index contributed by atoms with van der Waals surface area (Å²) in [6.07, 6.45) is -0.152. The fourth-order valence-electron chi connectivity index (χ4n) is 1.84. The van der Waals surface area contributed by atoms with Gasteiger partial charge in [0.25, 0.3) is 0 Å². The van der Waals surface area contributed by atoms with Crippen LogP contribution in [0.1, 0.15) is 17.1 Å². The zero-order valence-corrected chi connectivity index (χ0v) is 10.3. The Morgan fingerprint density at radius 1 is 1.22 bits per heavy atom. The van der Waals surface area contributed by atoms with E-state index in [-0.39, 0.29) is 6.42 Å². The second-order valence-electron chi connectivity index (χ2n) is 4.20. The van der Waals surface area contributed by atoms with Gasteiger partial charge in [-0.1, -0.05) is 24.3 Å². The summed E-state index contributed by atoms with van der Waals surface area (Å²) in [6, 6.07) is 9.75. The van der Waals surface area contributed by atoms with Crippen LogP contribution in [0.25, 0.3) is 11.3 Å². The van der Waals surface area contributed by atoms with Gasteiger partial charge in [-0.05, 0) is 25.5 Å². The molecule has 0 amide bonds. The minimum atomic E-state index is -0.920. The Balaban J connectivity index is 2.48. The molecular weight excluding hydrogens is 228 g/mol. The van der Waals surface area contributed by atoms with Gasteiger partial charge >= 0.3 is 5.97 Å². The molecule has 2 aromatic rings. The maximum absolute atomic E-state index is 10.7. The molecule has 0 aliphatic rings. The van der Waals surface area contributed by atoms with Gasteiger partial charge in [0.05, 0.1) is 5.69 Å². The summed E-state index contributed by atoms with van der Waals surface area (Å²) in [7, 11) is 0. The van der Waals surface area contributed by atoms with Crippen molar-refractivity contribution in [3.63, 3.8) is 0 Å². The van der Waals surface area contributed by atoms with Crippen molar-refractivity contribution in [1.82, 2.24) is 9.97 Å². The van der Waals surface area contributed by atoms with Gasteiger partial charge in [0, 0.05) is 11.3 Å².